The van der Waals surface area contributed by atoms with Gasteiger partial charge in [0.1, 0.15) is 12.3 Å². The molecule has 0 radical (unpaired) electrons. The molecule has 0 aromatic carbocycles. The van der Waals surface area contributed by atoms with Gasteiger partial charge in [-0.15, -0.1) is 0 Å². The molecular formula is C9H14N2O2. The molecule has 72 valence electrons. The number of hydrogen-bond acceptors (Lipinski definition) is 3. The molecule has 0 bridgehead atoms. The summed E-state index contributed by atoms with van der Waals surface area (Å²) in [7, 11) is 1.79. The van der Waals surface area contributed by atoms with Crippen LogP contribution < -0.4 is 0 Å². The van der Waals surface area contributed by atoms with E-state index in [0.29, 0.717) is 5.69 Å². The van der Waals surface area contributed by atoms with Crippen LogP contribution in [0.3, 0.4) is 0 Å². The second-order valence-corrected chi connectivity index (χ2v) is 3.17. The summed E-state index contributed by atoms with van der Waals surface area (Å²) in [6.07, 6.45) is 3.23. The molecule has 0 N–H and O–H groups in total. The number of ether oxygens (including phenoxy) is 1. The van der Waals surface area contributed by atoms with E-state index >= 15 is 0 Å². The zero-order chi connectivity index (χ0) is 9.84. The third kappa shape index (κ3) is 2.66. The van der Waals surface area contributed by atoms with E-state index in [1.807, 2.05) is 13.8 Å². The highest BCUT2D eigenvalue weighted by molar-refractivity contribution is 5.95. The highest BCUT2D eigenvalue weighted by Gasteiger charge is 2.10. The SMILES string of the molecule is CC(C)OCC(=O)c1cncn1C. The molecule has 0 saturated carbocycles. The Morgan fingerprint density at radius 1 is 1.69 bits per heavy atom. The van der Waals surface area contributed by atoms with Crippen LogP contribution in [0, 0.1) is 0 Å². The summed E-state index contributed by atoms with van der Waals surface area (Å²) < 4.78 is 6.88. The van der Waals surface area contributed by atoms with Gasteiger partial charge in [0.15, 0.2) is 0 Å². The standard InChI is InChI=1S/C9H14N2O2/c1-7(2)13-5-9(12)8-4-10-6-11(8)3/h4,6-7H,5H2,1-3H3. The molecule has 0 aliphatic heterocycles. The summed E-state index contributed by atoms with van der Waals surface area (Å²) in [5.41, 5.74) is 0.584. The van der Waals surface area contributed by atoms with Gasteiger partial charge < -0.3 is 9.30 Å². The summed E-state index contributed by atoms with van der Waals surface area (Å²) in [6, 6.07) is 0. The highest BCUT2D eigenvalue weighted by atomic mass is 16.5. The van der Waals surface area contributed by atoms with E-state index in [-0.39, 0.29) is 18.5 Å². The van der Waals surface area contributed by atoms with Crippen LogP contribution in [0.5, 0.6) is 0 Å². The van der Waals surface area contributed by atoms with Crippen molar-refractivity contribution in [2.24, 2.45) is 7.05 Å². The molecule has 0 atom stereocenters. The third-order valence-electron chi connectivity index (χ3n) is 1.65. The molecule has 0 unspecified atom stereocenters. The van der Waals surface area contributed by atoms with Crippen molar-refractivity contribution in [3.8, 4) is 0 Å². The maximum absolute atomic E-state index is 11.4. The topological polar surface area (TPSA) is 44.1 Å². The Hall–Kier alpha value is -1.16. The van der Waals surface area contributed by atoms with Crippen molar-refractivity contribution in [2.45, 2.75) is 20.0 Å². The highest BCUT2D eigenvalue weighted by Crippen LogP contribution is 1.99. The summed E-state index contributed by atoms with van der Waals surface area (Å²) in [5.74, 6) is -0.0336. The quantitative estimate of drug-likeness (QED) is 0.653. The van der Waals surface area contributed by atoms with E-state index in [0.717, 1.165) is 0 Å². The second-order valence-electron chi connectivity index (χ2n) is 3.17. The Morgan fingerprint density at radius 2 is 2.38 bits per heavy atom. The van der Waals surface area contributed by atoms with Crippen molar-refractivity contribution in [2.75, 3.05) is 6.61 Å². The molecule has 0 aliphatic carbocycles. The molecule has 0 spiro atoms. The van der Waals surface area contributed by atoms with Crippen LogP contribution in [0.4, 0.5) is 0 Å². The van der Waals surface area contributed by atoms with Crippen LogP contribution in [-0.2, 0) is 11.8 Å². The first-order chi connectivity index (χ1) is 6.11. The average molecular weight is 182 g/mol. The molecule has 4 nitrogen and oxygen atoms in total. The number of imidazole rings is 1. The zero-order valence-electron chi connectivity index (χ0n) is 8.15. The van der Waals surface area contributed by atoms with Gasteiger partial charge in [-0.2, -0.15) is 0 Å². The van der Waals surface area contributed by atoms with Gasteiger partial charge in [-0.05, 0) is 13.8 Å². The summed E-state index contributed by atoms with van der Waals surface area (Å²) in [5, 5.41) is 0. The molecular weight excluding hydrogens is 168 g/mol. The lowest BCUT2D eigenvalue weighted by atomic mass is 10.3. The van der Waals surface area contributed by atoms with Gasteiger partial charge in [-0.25, -0.2) is 4.98 Å². The van der Waals surface area contributed by atoms with Gasteiger partial charge in [-0.1, -0.05) is 0 Å². The number of ketones is 1. The Labute approximate surface area is 77.5 Å². The van der Waals surface area contributed by atoms with E-state index in [1.54, 1.807) is 24.1 Å². The maximum Gasteiger partial charge on any atom is 0.206 e. The smallest absolute Gasteiger partial charge is 0.206 e. The fourth-order valence-corrected chi connectivity index (χ4v) is 0.942. The number of hydrogen-bond donors (Lipinski definition) is 0. The van der Waals surface area contributed by atoms with Crippen LogP contribution in [0.2, 0.25) is 0 Å². The van der Waals surface area contributed by atoms with Crippen LogP contribution in [0.15, 0.2) is 12.5 Å². The molecule has 1 aromatic rings. The lowest BCUT2D eigenvalue weighted by Gasteiger charge is -2.06. The largest absolute Gasteiger partial charge is 0.371 e. The minimum absolute atomic E-state index is 0.0336. The van der Waals surface area contributed by atoms with Crippen molar-refractivity contribution < 1.29 is 9.53 Å². The number of carbonyl (C=O) groups excluding carboxylic acids is 1. The summed E-state index contributed by atoms with van der Waals surface area (Å²) >= 11 is 0. The van der Waals surface area contributed by atoms with E-state index in [4.69, 9.17) is 4.74 Å². The molecule has 0 saturated heterocycles. The van der Waals surface area contributed by atoms with Crippen molar-refractivity contribution in [1.29, 1.82) is 0 Å². The Balaban J connectivity index is 2.54. The monoisotopic (exact) mass is 182 g/mol. The van der Waals surface area contributed by atoms with E-state index in [1.165, 1.54) is 0 Å². The number of rotatable bonds is 4. The van der Waals surface area contributed by atoms with Crippen molar-refractivity contribution >= 4 is 5.78 Å². The number of Topliss-reactive ketones (excluding diaryl/α,β-unsaturated/α-hetero) is 1. The molecule has 1 heterocycles. The van der Waals surface area contributed by atoms with E-state index in [2.05, 4.69) is 4.98 Å². The van der Waals surface area contributed by atoms with Gasteiger partial charge in [0.05, 0.1) is 18.6 Å². The number of nitrogens with zero attached hydrogens (tertiary/aromatic N) is 2. The van der Waals surface area contributed by atoms with Gasteiger partial charge >= 0.3 is 0 Å². The Morgan fingerprint density at radius 3 is 2.85 bits per heavy atom. The normalized spacial score (nSPS) is 10.8. The van der Waals surface area contributed by atoms with Gasteiger partial charge in [0.2, 0.25) is 5.78 Å². The molecule has 0 aliphatic rings. The maximum atomic E-state index is 11.4. The third-order valence-corrected chi connectivity index (χ3v) is 1.65. The van der Waals surface area contributed by atoms with Crippen LogP contribution in [-0.4, -0.2) is 28.0 Å². The van der Waals surface area contributed by atoms with Crippen LogP contribution >= 0.6 is 0 Å². The minimum Gasteiger partial charge on any atom is -0.371 e. The number of aromatic nitrogens is 2. The first kappa shape index (κ1) is 9.92. The predicted molar refractivity (Wildman–Crippen MR) is 48.6 cm³/mol. The lowest BCUT2D eigenvalue weighted by Crippen LogP contribution is -2.15. The number of carbonyl (C=O) groups is 1. The van der Waals surface area contributed by atoms with E-state index in [9.17, 15) is 4.79 Å². The summed E-state index contributed by atoms with van der Waals surface area (Å²) in [6.45, 7) is 3.92. The van der Waals surface area contributed by atoms with Crippen molar-refractivity contribution in [3.63, 3.8) is 0 Å². The molecule has 0 fully saturated rings. The predicted octanol–water partition coefficient (Wildman–Crippen LogP) is 1.03. The molecule has 0 amide bonds. The Bertz CT molecular complexity index is 292. The fraction of sp³-hybridized carbons (Fsp3) is 0.556. The number of aryl methyl sites for hydroxylation is 1. The zero-order valence-corrected chi connectivity index (χ0v) is 8.15. The lowest BCUT2D eigenvalue weighted by molar-refractivity contribution is 0.0578. The van der Waals surface area contributed by atoms with Crippen molar-refractivity contribution in [3.05, 3.63) is 18.2 Å². The van der Waals surface area contributed by atoms with Gasteiger partial charge in [-0.3, -0.25) is 4.79 Å². The molecule has 4 heteroatoms. The van der Waals surface area contributed by atoms with Crippen molar-refractivity contribution in [1.82, 2.24) is 9.55 Å². The van der Waals surface area contributed by atoms with E-state index < -0.39 is 0 Å². The molecule has 13 heavy (non-hydrogen) atoms. The summed E-state index contributed by atoms with van der Waals surface area (Å²) in [4.78, 5) is 15.3. The Kier molecular flexibility index (Phi) is 3.19. The van der Waals surface area contributed by atoms with Gasteiger partial charge in [0, 0.05) is 7.05 Å². The van der Waals surface area contributed by atoms with Crippen LogP contribution in [0.1, 0.15) is 24.3 Å². The molecule has 1 aromatic heterocycles. The first-order valence-corrected chi connectivity index (χ1v) is 4.22. The minimum atomic E-state index is -0.0336. The second kappa shape index (κ2) is 4.18. The van der Waals surface area contributed by atoms with Crippen LogP contribution in [0.25, 0.3) is 0 Å². The average Bonchev–Trinajstić information content (AvgIpc) is 2.47. The first-order valence-electron chi connectivity index (χ1n) is 4.22. The molecule has 1 rings (SSSR count). The fourth-order valence-electron chi connectivity index (χ4n) is 0.942. The van der Waals surface area contributed by atoms with Gasteiger partial charge in [0.25, 0.3) is 0 Å².